The largest absolute Gasteiger partial charge is 0.337 e. The zero-order chi connectivity index (χ0) is 11.2. The first-order valence-electron chi connectivity index (χ1n) is 4.92. The summed E-state index contributed by atoms with van der Waals surface area (Å²) in [7, 11) is 0. The van der Waals surface area contributed by atoms with E-state index in [1.807, 2.05) is 30.3 Å². The van der Waals surface area contributed by atoms with E-state index in [-0.39, 0.29) is 0 Å². The van der Waals surface area contributed by atoms with Crippen LogP contribution in [0.25, 0.3) is 11.3 Å². The molecule has 0 spiro atoms. The van der Waals surface area contributed by atoms with Gasteiger partial charge < -0.3 is 4.84 Å². The molecule has 0 unspecified atom stereocenters. The highest BCUT2D eigenvalue weighted by molar-refractivity contribution is 5.59. The molecule has 0 amide bonds. The number of nitrogens with zero attached hydrogens (tertiary/aromatic N) is 3. The lowest BCUT2D eigenvalue weighted by molar-refractivity contribution is 0.329. The summed E-state index contributed by atoms with van der Waals surface area (Å²) in [4.78, 5) is 13.2. The molecule has 0 saturated carbocycles. The van der Waals surface area contributed by atoms with Gasteiger partial charge in [-0.05, 0) is 6.92 Å². The van der Waals surface area contributed by atoms with Crippen LogP contribution >= 0.6 is 0 Å². The summed E-state index contributed by atoms with van der Waals surface area (Å²) in [6.45, 7) is 1.78. The lowest BCUT2D eigenvalue weighted by atomic mass is 10.1. The predicted octanol–water partition coefficient (Wildman–Crippen LogP) is 2.53. The first kappa shape index (κ1) is 10.3. The van der Waals surface area contributed by atoms with Crippen molar-refractivity contribution in [3.05, 3.63) is 42.7 Å². The van der Waals surface area contributed by atoms with Gasteiger partial charge in [0.2, 0.25) is 0 Å². The van der Waals surface area contributed by atoms with Gasteiger partial charge in [-0.15, -0.1) is 0 Å². The average Bonchev–Trinajstić information content (AvgIpc) is 2.38. The Labute approximate surface area is 93.6 Å². The molecule has 1 aromatic carbocycles. The van der Waals surface area contributed by atoms with Gasteiger partial charge in [0.1, 0.15) is 6.33 Å². The molecule has 16 heavy (non-hydrogen) atoms. The maximum Gasteiger partial charge on any atom is 0.252 e. The second-order valence-electron chi connectivity index (χ2n) is 3.06. The second kappa shape index (κ2) is 5.02. The maximum atomic E-state index is 5.04. The summed E-state index contributed by atoms with van der Waals surface area (Å²) in [5.41, 5.74) is 1.84. The Morgan fingerprint density at radius 3 is 2.75 bits per heavy atom. The summed E-state index contributed by atoms with van der Waals surface area (Å²) in [6, 6.07) is 11.6. The van der Waals surface area contributed by atoms with Gasteiger partial charge in [-0.3, -0.25) is 0 Å². The van der Waals surface area contributed by atoms with Crippen molar-refractivity contribution in [3.8, 4) is 17.1 Å². The van der Waals surface area contributed by atoms with Crippen molar-refractivity contribution in [1.82, 2.24) is 9.97 Å². The monoisotopic (exact) mass is 213 g/mol. The molecule has 0 radical (unpaired) electrons. The highest BCUT2D eigenvalue weighted by atomic mass is 16.6. The van der Waals surface area contributed by atoms with Gasteiger partial charge in [0.25, 0.3) is 5.88 Å². The number of hydrogen-bond donors (Lipinski definition) is 0. The van der Waals surface area contributed by atoms with Crippen molar-refractivity contribution in [1.29, 1.82) is 0 Å². The minimum Gasteiger partial charge on any atom is -0.337 e. The fourth-order valence-electron chi connectivity index (χ4n) is 1.26. The van der Waals surface area contributed by atoms with Crippen LogP contribution < -0.4 is 4.84 Å². The quantitative estimate of drug-likeness (QED) is 0.581. The lowest BCUT2D eigenvalue weighted by Crippen LogP contribution is -1.90. The molecule has 2 aromatic rings. The summed E-state index contributed by atoms with van der Waals surface area (Å²) in [6.07, 6.45) is 3.02. The molecule has 0 N–H and O–H groups in total. The predicted molar refractivity (Wildman–Crippen MR) is 62.3 cm³/mol. The summed E-state index contributed by atoms with van der Waals surface area (Å²) < 4.78 is 0. The third-order valence-corrected chi connectivity index (χ3v) is 1.96. The van der Waals surface area contributed by atoms with Crippen molar-refractivity contribution >= 4 is 6.21 Å². The van der Waals surface area contributed by atoms with Gasteiger partial charge in [-0.25, -0.2) is 4.98 Å². The number of rotatable bonds is 3. The molecule has 0 aliphatic rings. The smallest absolute Gasteiger partial charge is 0.252 e. The van der Waals surface area contributed by atoms with Crippen LogP contribution in [0.5, 0.6) is 5.88 Å². The van der Waals surface area contributed by atoms with Crippen molar-refractivity contribution < 1.29 is 4.84 Å². The molecule has 4 nitrogen and oxygen atoms in total. The molecule has 80 valence electrons. The lowest BCUT2D eigenvalue weighted by Gasteiger charge is -2.01. The zero-order valence-corrected chi connectivity index (χ0v) is 8.87. The van der Waals surface area contributed by atoms with Crippen molar-refractivity contribution in [3.63, 3.8) is 0 Å². The van der Waals surface area contributed by atoms with Crippen LogP contribution in [-0.4, -0.2) is 16.2 Å². The molecular formula is C12H11N3O. The van der Waals surface area contributed by atoms with E-state index >= 15 is 0 Å². The van der Waals surface area contributed by atoms with E-state index in [0.29, 0.717) is 5.88 Å². The van der Waals surface area contributed by atoms with Crippen molar-refractivity contribution in [2.24, 2.45) is 5.16 Å². The van der Waals surface area contributed by atoms with E-state index in [9.17, 15) is 0 Å². The molecule has 0 atom stereocenters. The Hall–Kier alpha value is -2.23. The molecule has 0 bridgehead atoms. The normalized spacial score (nSPS) is 10.6. The molecule has 1 heterocycles. The molecule has 0 fully saturated rings. The fourth-order valence-corrected chi connectivity index (χ4v) is 1.26. The fraction of sp³-hybridized carbons (Fsp3) is 0.0833. The van der Waals surface area contributed by atoms with Crippen molar-refractivity contribution in [2.45, 2.75) is 6.92 Å². The van der Waals surface area contributed by atoms with E-state index in [1.54, 1.807) is 19.2 Å². The highest BCUT2D eigenvalue weighted by Crippen LogP contribution is 2.18. The van der Waals surface area contributed by atoms with Crippen LogP contribution in [0, 0.1) is 0 Å². The minimum absolute atomic E-state index is 0.437. The van der Waals surface area contributed by atoms with Gasteiger partial charge in [0.05, 0.1) is 5.69 Å². The Kier molecular flexibility index (Phi) is 3.23. The van der Waals surface area contributed by atoms with Crippen molar-refractivity contribution in [2.75, 3.05) is 0 Å². The van der Waals surface area contributed by atoms with Crippen LogP contribution in [0.15, 0.2) is 47.9 Å². The molecule has 0 aliphatic heterocycles. The highest BCUT2D eigenvalue weighted by Gasteiger charge is 2.01. The van der Waals surface area contributed by atoms with E-state index in [4.69, 9.17) is 4.84 Å². The van der Waals surface area contributed by atoms with Crippen LogP contribution in [0.2, 0.25) is 0 Å². The zero-order valence-electron chi connectivity index (χ0n) is 8.87. The first-order chi connectivity index (χ1) is 7.90. The molecule has 4 heteroatoms. The van der Waals surface area contributed by atoms with Gasteiger partial charge in [-0.2, -0.15) is 4.98 Å². The Balaban J connectivity index is 2.29. The van der Waals surface area contributed by atoms with E-state index in [1.165, 1.54) is 6.33 Å². The van der Waals surface area contributed by atoms with Crippen LogP contribution in [0.4, 0.5) is 0 Å². The first-order valence-corrected chi connectivity index (χ1v) is 4.92. The number of hydrogen-bond acceptors (Lipinski definition) is 4. The second-order valence-corrected chi connectivity index (χ2v) is 3.06. The molecular weight excluding hydrogens is 202 g/mol. The Morgan fingerprint density at radius 2 is 2.00 bits per heavy atom. The van der Waals surface area contributed by atoms with Crippen LogP contribution in [-0.2, 0) is 0 Å². The van der Waals surface area contributed by atoms with E-state index in [0.717, 1.165) is 11.3 Å². The minimum atomic E-state index is 0.437. The molecule has 0 saturated heterocycles. The third-order valence-electron chi connectivity index (χ3n) is 1.96. The standard InChI is InChI=1S/C12H11N3O/c1-2-15-16-12-8-11(13-9-14-12)10-6-4-3-5-7-10/h2-9H,1H3/b15-2+. The maximum absolute atomic E-state index is 5.04. The Bertz CT molecular complexity index is 483. The molecule has 1 aromatic heterocycles. The van der Waals surface area contributed by atoms with Crippen LogP contribution in [0.3, 0.4) is 0 Å². The number of benzene rings is 1. The summed E-state index contributed by atoms with van der Waals surface area (Å²) >= 11 is 0. The van der Waals surface area contributed by atoms with E-state index in [2.05, 4.69) is 15.1 Å². The number of oxime groups is 1. The van der Waals surface area contributed by atoms with Gasteiger partial charge in [0, 0.05) is 17.8 Å². The third kappa shape index (κ3) is 2.42. The molecule has 0 aliphatic carbocycles. The topological polar surface area (TPSA) is 47.4 Å². The van der Waals surface area contributed by atoms with E-state index < -0.39 is 0 Å². The average molecular weight is 213 g/mol. The van der Waals surface area contributed by atoms with Gasteiger partial charge in [-0.1, -0.05) is 35.5 Å². The SMILES string of the molecule is C/C=N/Oc1cc(-c2ccccc2)ncn1. The Morgan fingerprint density at radius 1 is 1.19 bits per heavy atom. The van der Waals surface area contributed by atoms with Gasteiger partial charge >= 0.3 is 0 Å². The summed E-state index contributed by atoms with van der Waals surface area (Å²) in [5, 5.41) is 3.66. The molecule has 2 rings (SSSR count). The summed E-state index contributed by atoms with van der Waals surface area (Å²) in [5.74, 6) is 0.437. The van der Waals surface area contributed by atoms with Crippen LogP contribution in [0.1, 0.15) is 6.92 Å². The number of aromatic nitrogens is 2. The van der Waals surface area contributed by atoms with Gasteiger partial charge in [0.15, 0.2) is 0 Å².